The summed E-state index contributed by atoms with van der Waals surface area (Å²) in [5, 5.41) is 14.3. The fraction of sp³-hybridized carbons (Fsp3) is 0.0500. The van der Waals surface area contributed by atoms with E-state index >= 15 is 0 Å². The molecule has 142 valence electrons. The molecule has 0 saturated heterocycles. The maximum absolute atomic E-state index is 13.2. The molecular weight excluding hydrogens is 376 g/mol. The van der Waals surface area contributed by atoms with Crippen LogP contribution in [-0.4, -0.2) is 20.7 Å². The number of nitro groups is 1. The average molecular weight is 388 g/mol. The van der Waals surface area contributed by atoms with Gasteiger partial charge in [-0.2, -0.15) is 0 Å². The Morgan fingerprint density at radius 2 is 1.69 bits per heavy atom. The van der Waals surface area contributed by atoms with E-state index in [1.54, 1.807) is 30.3 Å². The van der Waals surface area contributed by atoms with Gasteiger partial charge in [0, 0.05) is 34.8 Å². The Morgan fingerprint density at radius 3 is 2.45 bits per heavy atom. The molecule has 1 atom stereocenters. The second kappa shape index (κ2) is 5.86. The fourth-order valence-electron chi connectivity index (χ4n) is 4.00. The Balaban J connectivity index is 1.84. The zero-order valence-electron chi connectivity index (χ0n) is 14.7. The maximum Gasteiger partial charge on any atom is 0.327 e. The first kappa shape index (κ1) is 16.9. The fourth-order valence-corrected chi connectivity index (χ4v) is 4.00. The molecule has 0 fully saturated rings. The largest absolute Gasteiger partial charge is 0.340 e. The van der Waals surface area contributed by atoms with Crippen LogP contribution >= 0.6 is 0 Å². The van der Waals surface area contributed by atoms with Gasteiger partial charge in [0.15, 0.2) is 5.78 Å². The number of aromatic amines is 2. The Morgan fingerprint density at radius 1 is 0.931 bits per heavy atom. The van der Waals surface area contributed by atoms with Crippen LogP contribution < -0.4 is 16.6 Å². The number of carbonyl (C=O) groups excluding carboxylic acids is 1. The molecule has 0 unspecified atom stereocenters. The van der Waals surface area contributed by atoms with Crippen molar-refractivity contribution in [2.45, 2.75) is 5.92 Å². The number of H-pyrrole nitrogens is 2. The van der Waals surface area contributed by atoms with E-state index in [0.29, 0.717) is 28.0 Å². The van der Waals surface area contributed by atoms with Crippen molar-refractivity contribution < 1.29 is 9.72 Å². The van der Waals surface area contributed by atoms with Gasteiger partial charge in [0.05, 0.1) is 16.2 Å². The number of benzene rings is 2. The van der Waals surface area contributed by atoms with Crippen LogP contribution in [0.4, 0.5) is 11.5 Å². The first-order valence-electron chi connectivity index (χ1n) is 8.72. The van der Waals surface area contributed by atoms with Crippen LogP contribution in [0, 0.1) is 10.1 Å². The molecule has 2 aliphatic rings. The summed E-state index contributed by atoms with van der Waals surface area (Å²) >= 11 is 0. The third kappa shape index (κ3) is 2.37. The molecule has 0 amide bonds. The Labute approximate surface area is 161 Å². The normalized spacial score (nSPS) is 16.7. The van der Waals surface area contributed by atoms with Gasteiger partial charge < -0.3 is 5.32 Å². The second-order valence-electron chi connectivity index (χ2n) is 6.77. The highest BCUT2D eigenvalue weighted by Crippen LogP contribution is 2.47. The number of aromatic nitrogens is 2. The van der Waals surface area contributed by atoms with E-state index in [1.807, 2.05) is 0 Å². The lowest BCUT2D eigenvalue weighted by Gasteiger charge is -2.27. The van der Waals surface area contributed by atoms with Crippen LogP contribution in [0.25, 0.3) is 5.70 Å². The van der Waals surface area contributed by atoms with Crippen molar-refractivity contribution in [3.05, 3.63) is 107 Å². The number of nitro benzene ring substituents is 1. The molecular formula is C20H12N4O5. The van der Waals surface area contributed by atoms with E-state index < -0.39 is 22.1 Å². The number of rotatable bonds is 2. The summed E-state index contributed by atoms with van der Waals surface area (Å²) in [5.41, 5.74) is 0.935. The first-order valence-corrected chi connectivity index (χ1v) is 8.72. The summed E-state index contributed by atoms with van der Waals surface area (Å²) in [4.78, 5) is 53.2. The Hall–Kier alpha value is -4.27. The van der Waals surface area contributed by atoms with Crippen molar-refractivity contribution in [1.82, 2.24) is 9.97 Å². The minimum absolute atomic E-state index is 0.130. The van der Waals surface area contributed by atoms with Crippen molar-refractivity contribution in [3.8, 4) is 0 Å². The van der Waals surface area contributed by atoms with Crippen LogP contribution in [-0.2, 0) is 0 Å². The first-order chi connectivity index (χ1) is 14.0. The van der Waals surface area contributed by atoms with E-state index in [2.05, 4.69) is 15.3 Å². The predicted molar refractivity (Wildman–Crippen MR) is 104 cm³/mol. The van der Waals surface area contributed by atoms with Crippen LogP contribution in [0.2, 0.25) is 0 Å². The number of allylic oxidation sites excluding steroid dienone is 1. The smallest absolute Gasteiger partial charge is 0.327 e. The summed E-state index contributed by atoms with van der Waals surface area (Å²) in [6.07, 6.45) is 0. The summed E-state index contributed by atoms with van der Waals surface area (Å²) in [7, 11) is 0. The summed E-state index contributed by atoms with van der Waals surface area (Å²) in [5.74, 6) is -0.976. The number of fused-ring (bicyclic) bond motifs is 3. The molecule has 0 bridgehead atoms. The van der Waals surface area contributed by atoms with Crippen molar-refractivity contribution in [2.75, 3.05) is 5.32 Å². The summed E-state index contributed by atoms with van der Waals surface area (Å²) < 4.78 is 0. The molecule has 5 rings (SSSR count). The topological polar surface area (TPSA) is 138 Å². The van der Waals surface area contributed by atoms with Gasteiger partial charge >= 0.3 is 5.69 Å². The minimum atomic E-state index is -0.873. The number of nitrogens with one attached hydrogen (secondary N) is 3. The standard InChI is InChI=1S/C20H12N4O5/c25-17-12-7-2-1-6-11(12)16-14(17)13(9-4-3-5-10(8-9)24(28)29)15-18(21-16)22-20(27)23-19(15)26/h1-8,13H,(H3,21,22,23,26,27)/t13-/m0/s1. The number of hydrogen-bond acceptors (Lipinski definition) is 6. The lowest BCUT2D eigenvalue weighted by Crippen LogP contribution is -2.33. The highest BCUT2D eigenvalue weighted by Gasteiger charge is 2.42. The molecule has 29 heavy (non-hydrogen) atoms. The Bertz CT molecular complexity index is 1380. The second-order valence-corrected chi connectivity index (χ2v) is 6.77. The number of non-ortho nitro benzene ring substituents is 1. The van der Waals surface area contributed by atoms with Gasteiger partial charge in [-0.15, -0.1) is 0 Å². The van der Waals surface area contributed by atoms with Gasteiger partial charge in [-0.3, -0.25) is 29.7 Å². The lowest BCUT2D eigenvalue weighted by atomic mass is 9.81. The van der Waals surface area contributed by atoms with Gasteiger partial charge in [-0.05, 0) is 5.56 Å². The minimum Gasteiger partial charge on any atom is -0.340 e. The van der Waals surface area contributed by atoms with Gasteiger partial charge in [0.1, 0.15) is 5.82 Å². The van der Waals surface area contributed by atoms with E-state index in [0.717, 1.165) is 0 Å². The molecule has 3 N–H and O–H groups in total. The molecule has 1 aliphatic carbocycles. The molecule has 0 radical (unpaired) electrons. The number of ketones is 1. The average Bonchev–Trinajstić information content (AvgIpc) is 2.99. The third-order valence-corrected chi connectivity index (χ3v) is 5.18. The van der Waals surface area contributed by atoms with E-state index in [4.69, 9.17) is 0 Å². The maximum atomic E-state index is 13.2. The summed E-state index contributed by atoms with van der Waals surface area (Å²) in [6.45, 7) is 0. The van der Waals surface area contributed by atoms with Gasteiger partial charge in [-0.25, -0.2) is 4.79 Å². The molecule has 1 aliphatic heterocycles. The number of anilines is 1. The molecule has 0 spiro atoms. The van der Waals surface area contributed by atoms with Crippen molar-refractivity contribution in [1.29, 1.82) is 0 Å². The molecule has 9 nitrogen and oxygen atoms in total. The van der Waals surface area contributed by atoms with Crippen LogP contribution in [0.1, 0.15) is 33.0 Å². The van der Waals surface area contributed by atoms with Crippen molar-refractivity contribution >= 4 is 23.0 Å². The van der Waals surface area contributed by atoms with Crippen molar-refractivity contribution in [3.63, 3.8) is 0 Å². The van der Waals surface area contributed by atoms with Gasteiger partial charge in [-0.1, -0.05) is 36.4 Å². The highest BCUT2D eigenvalue weighted by atomic mass is 16.6. The highest BCUT2D eigenvalue weighted by molar-refractivity contribution is 6.23. The van der Waals surface area contributed by atoms with Gasteiger partial charge in [0.25, 0.3) is 11.2 Å². The monoisotopic (exact) mass is 388 g/mol. The lowest BCUT2D eigenvalue weighted by molar-refractivity contribution is -0.384. The molecule has 1 aromatic heterocycles. The Kier molecular flexibility index (Phi) is 3.41. The summed E-state index contributed by atoms with van der Waals surface area (Å²) in [6, 6.07) is 12.8. The molecule has 2 heterocycles. The molecule has 9 heteroatoms. The molecule has 3 aromatic rings. The number of hydrogen-bond donors (Lipinski definition) is 3. The number of Topliss-reactive ketones (excluding diaryl/α,β-unsaturated/α-hetero) is 1. The van der Waals surface area contributed by atoms with Crippen LogP contribution in [0.3, 0.4) is 0 Å². The van der Waals surface area contributed by atoms with Crippen LogP contribution in [0.15, 0.2) is 63.7 Å². The van der Waals surface area contributed by atoms with E-state index in [9.17, 15) is 24.5 Å². The zero-order chi connectivity index (χ0) is 20.3. The molecule has 2 aromatic carbocycles. The third-order valence-electron chi connectivity index (χ3n) is 5.18. The zero-order valence-corrected chi connectivity index (χ0v) is 14.7. The predicted octanol–water partition coefficient (Wildman–Crippen LogP) is 2.14. The number of carbonyl (C=O) groups is 1. The van der Waals surface area contributed by atoms with E-state index in [-0.39, 0.29) is 22.9 Å². The molecule has 0 saturated carbocycles. The van der Waals surface area contributed by atoms with Gasteiger partial charge in [0.2, 0.25) is 0 Å². The van der Waals surface area contributed by atoms with Crippen LogP contribution in [0.5, 0.6) is 0 Å². The SMILES string of the molecule is O=C1C2=C(Nc3[nH]c(=O)[nH]c(=O)c3[C@H]2c2cccc([N+](=O)[O-])c2)c2ccccc21. The quantitative estimate of drug-likeness (QED) is 0.454. The van der Waals surface area contributed by atoms with E-state index in [1.165, 1.54) is 18.2 Å². The van der Waals surface area contributed by atoms with Crippen molar-refractivity contribution in [2.24, 2.45) is 0 Å². The number of nitrogens with zero attached hydrogens (tertiary/aromatic N) is 1.